The molecule has 1 amide bonds. The number of para-hydroxylation sites is 1. The Balaban J connectivity index is 2.08. The van der Waals surface area contributed by atoms with E-state index in [1.807, 2.05) is 24.3 Å². The van der Waals surface area contributed by atoms with Crippen molar-refractivity contribution in [2.24, 2.45) is 4.99 Å². The smallest absolute Gasteiger partial charge is 0.326 e. The van der Waals surface area contributed by atoms with E-state index in [1.165, 1.54) is 29.5 Å². The van der Waals surface area contributed by atoms with Gasteiger partial charge in [0.05, 0.1) is 16.8 Å². The summed E-state index contributed by atoms with van der Waals surface area (Å²) >= 11 is 1.29. The van der Waals surface area contributed by atoms with Crippen LogP contribution in [0.3, 0.4) is 0 Å². The number of halogens is 1. The van der Waals surface area contributed by atoms with Crippen LogP contribution in [0.1, 0.15) is 17.3 Å². The summed E-state index contributed by atoms with van der Waals surface area (Å²) in [7, 11) is 0. The molecule has 0 bridgehead atoms. The molecule has 0 radical (unpaired) electrons. The molecule has 0 unspecified atom stereocenters. The van der Waals surface area contributed by atoms with Gasteiger partial charge in [0, 0.05) is 5.56 Å². The van der Waals surface area contributed by atoms with Gasteiger partial charge in [-0.05, 0) is 37.3 Å². The maximum Gasteiger partial charge on any atom is 0.326 e. The Morgan fingerprint density at radius 1 is 1.20 bits per heavy atom. The monoisotopic (exact) mass is 358 g/mol. The second-order valence-electron chi connectivity index (χ2n) is 5.17. The number of aromatic nitrogens is 1. The minimum Gasteiger partial charge on any atom is -0.465 e. The highest BCUT2D eigenvalue weighted by Gasteiger charge is 2.12. The molecule has 0 spiro atoms. The summed E-state index contributed by atoms with van der Waals surface area (Å²) in [4.78, 5) is 28.7. The molecule has 0 atom stereocenters. The first-order valence-electron chi connectivity index (χ1n) is 7.67. The van der Waals surface area contributed by atoms with E-state index in [0.29, 0.717) is 4.80 Å². The first-order chi connectivity index (χ1) is 12.1. The zero-order valence-corrected chi connectivity index (χ0v) is 14.3. The number of esters is 1. The molecule has 3 rings (SSSR count). The van der Waals surface area contributed by atoms with Gasteiger partial charge >= 0.3 is 5.97 Å². The lowest BCUT2D eigenvalue weighted by Gasteiger charge is -2.04. The second-order valence-corrected chi connectivity index (χ2v) is 6.18. The maximum absolute atomic E-state index is 13.3. The molecule has 0 fully saturated rings. The molecule has 0 aliphatic carbocycles. The number of benzene rings is 2. The van der Waals surface area contributed by atoms with Gasteiger partial charge in [0.15, 0.2) is 4.80 Å². The van der Waals surface area contributed by atoms with Gasteiger partial charge in [-0.25, -0.2) is 4.39 Å². The summed E-state index contributed by atoms with van der Waals surface area (Å²) in [5, 5.41) is 0. The molecule has 0 saturated heterocycles. The molecule has 1 heterocycles. The number of carbonyl (C=O) groups excluding carboxylic acids is 2. The van der Waals surface area contributed by atoms with Gasteiger partial charge in [-0.2, -0.15) is 4.99 Å². The third kappa shape index (κ3) is 3.83. The first kappa shape index (κ1) is 17.0. The van der Waals surface area contributed by atoms with Crippen molar-refractivity contribution in [1.82, 2.24) is 4.57 Å². The van der Waals surface area contributed by atoms with Gasteiger partial charge in [-0.1, -0.05) is 29.5 Å². The van der Waals surface area contributed by atoms with Crippen LogP contribution in [-0.2, 0) is 16.1 Å². The van der Waals surface area contributed by atoms with E-state index in [9.17, 15) is 14.0 Å². The van der Waals surface area contributed by atoms with Crippen molar-refractivity contribution in [3.05, 3.63) is 64.7 Å². The predicted octanol–water partition coefficient (Wildman–Crippen LogP) is 3.15. The SMILES string of the molecule is CCOC(=O)Cn1c(=NC(=O)c2cccc(F)c2)sc2ccccc21. The van der Waals surface area contributed by atoms with Crippen molar-refractivity contribution in [2.75, 3.05) is 6.61 Å². The second kappa shape index (κ2) is 7.40. The van der Waals surface area contributed by atoms with Crippen LogP contribution in [0, 0.1) is 5.82 Å². The van der Waals surface area contributed by atoms with Gasteiger partial charge in [0.2, 0.25) is 0 Å². The van der Waals surface area contributed by atoms with Crippen LogP contribution in [0.25, 0.3) is 10.2 Å². The number of ether oxygens (including phenoxy) is 1. The average molecular weight is 358 g/mol. The molecule has 128 valence electrons. The van der Waals surface area contributed by atoms with E-state index in [2.05, 4.69) is 4.99 Å². The van der Waals surface area contributed by atoms with Crippen LogP contribution >= 0.6 is 11.3 Å². The van der Waals surface area contributed by atoms with Gasteiger partial charge in [0.1, 0.15) is 12.4 Å². The Morgan fingerprint density at radius 3 is 2.76 bits per heavy atom. The fraction of sp³-hybridized carbons (Fsp3) is 0.167. The molecular weight excluding hydrogens is 343 g/mol. The van der Waals surface area contributed by atoms with Crippen molar-refractivity contribution >= 4 is 33.4 Å². The number of carbonyl (C=O) groups is 2. The predicted molar refractivity (Wildman–Crippen MR) is 92.7 cm³/mol. The summed E-state index contributed by atoms with van der Waals surface area (Å²) in [6.45, 7) is 1.95. The molecule has 3 aromatic rings. The summed E-state index contributed by atoms with van der Waals surface area (Å²) in [5.74, 6) is -1.48. The molecule has 5 nitrogen and oxygen atoms in total. The summed E-state index contributed by atoms with van der Waals surface area (Å²) in [6, 6.07) is 12.8. The lowest BCUT2D eigenvalue weighted by molar-refractivity contribution is -0.143. The highest BCUT2D eigenvalue weighted by molar-refractivity contribution is 7.16. The van der Waals surface area contributed by atoms with E-state index in [0.717, 1.165) is 16.3 Å². The number of thiazole rings is 1. The van der Waals surface area contributed by atoms with Gasteiger partial charge in [0.25, 0.3) is 5.91 Å². The van der Waals surface area contributed by atoms with Crippen LogP contribution < -0.4 is 4.80 Å². The average Bonchev–Trinajstić information content (AvgIpc) is 2.92. The highest BCUT2D eigenvalue weighted by atomic mass is 32.1. The van der Waals surface area contributed by atoms with Crippen LogP contribution in [-0.4, -0.2) is 23.1 Å². The Kier molecular flexibility index (Phi) is 5.04. The minimum atomic E-state index is -0.566. The number of hydrogen-bond donors (Lipinski definition) is 0. The Morgan fingerprint density at radius 2 is 2.00 bits per heavy atom. The zero-order valence-electron chi connectivity index (χ0n) is 13.4. The summed E-state index contributed by atoms with van der Waals surface area (Å²) < 4.78 is 20.8. The molecule has 0 N–H and O–H groups in total. The van der Waals surface area contributed by atoms with Crippen molar-refractivity contribution in [1.29, 1.82) is 0 Å². The van der Waals surface area contributed by atoms with Crippen LogP contribution in [0.4, 0.5) is 4.39 Å². The highest BCUT2D eigenvalue weighted by Crippen LogP contribution is 2.17. The number of rotatable bonds is 4. The molecule has 0 aliphatic rings. The standard InChI is InChI=1S/C18H15FN2O3S/c1-2-24-16(22)11-21-14-8-3-4-9-15(14)25-18(21)20-17(23)12-6-5-7-13(19)10-12/h3-10H,2,11H2,1H3. The lowest BCUT2D eigenvalue weighted by Crippen LogP contribution is -2.23. The lowest BCUT2D eigenvalue weighted by atomic mass is 10.2. The largest absolute Gasteiger partial charge is 0.465 e. The summed E-state index contributed by atoms with van der Waals surface area (Å²) in [5.41, 5.74) is 0.937. The maximum atomic E-state index is 13.3. The zero-order chi connectivity index (χ0) is 17.8. The molecule has 0 saturated carbocycles. The summed E-state index contributed by atoms with van der Waals surface area (Å²) in [6.07, 6.45) is 0. The molecule has 1 aromatic heterocycles. The van der Waals surface area contributed by atoms with Gasteiger partial charge < -0.3 is 9.30 Å². The van der Waals surface area contributed by atoms with Gasteiger partial charge in [-0.3, -0.25) is 9.59 Å². The quantitative estimate of drug-likeness (QED) is 0.673. The molecular formula is C18H15FN2O3S. The third-order valence-corrected chi connectivity index (χ3v) is 4.51. The fourth-order valence-electron chi connectivity index (χ4n) is 2.37. The van der Waals surface area contributed by atoms with Crippen molar-refractivity contribution < 1.29 is 18.7 Å². The molecule has 25 heavy (non-hydrogen) atoms. The molecule has 0 aliphatic heterocycles. The van der Waals surface area contributed by atoms with E-state index in [1.54, 1.807) is 11.5 Å². The van der Waals surface area contributed by atoms with Crippen LogP contribution in [0.15, 0.2) is 53.5 Å². The van der Waals surface area contributed by atoms with E-state index in [-0.39, 0.29) is 18.7 Å². The van der Waals surface area contributed by atoms with Crippen LogP contribution in [0.2, 0.25) is 0 Å². The third-order valence-electron chi connectivity index (χ3n) is 3.45. The number of hydrogen-bond acceptors (Lipinski definition) is 4. The minimum absolute atomic E-state index is 0.0485. The topological polar surface area (TPSA) is 60.7 Å². The Bertz CT molecular complexity index is 1010. The van der Waals surface area contributed by atoms with Crippen molar-refractivity contribution in [3.63, 3.8) is 0 Å². The normalized spacial score (nSPS) is 11.7. The van der Waals surface area contributed by atoms with E-state index < -0.39 is 17.7 Å². The molecule has 2 aromatic carbocycles. The molecule has 7 heteroatoms. The van der Waals surface area contributed by atoms with E-state index >= 15 is 0 Å². The Labute approximate surface area is 147 Å². The first-order valence-corrected chi connectivity index (χ1v) is 8.48. The number of amides is 1. The number of fused-ring (bicyclic) bond motifs is 1. The van der Waals surface area contributed by atoms with Crippen molar-refractivity contribution in [2.45, 2.75) is 13.5 Å². The van der Waals surface area contributed by atoms with Crippen molar-refractivity contribution in [3.8, 4) is 0 Å². The van der Waals surface area contributed by atoms with Gasteiger partial charge in [-0.15, -0.1) is 0 Å². The fourth-order valence-corrected chi connectivity index (χ4v) is 3.40. The van der Waals surface area contributed by atoms with Crippen LogP contribution in [0.5, 0.6) is 0 Å². The van der Waals surface area contributed by atoms with E-state index in [4.69, 9.17) is 4.74 Å². The Hall–Kier alpha value is -2.80. The number of nitrogens with zero attached hydrogens (tertiary/aromatic N) is 2.